The van der Waals surface area contributed by atoms with Crippen molar-refractivity contribution in [1.82, 2.24) is 0 Å². The summed E-state index contributed by atoms with van der Waals surface area (Å²) in [4.78, 5) is 23.3. The highest BCUT2D eigenvalue weighted by molar-refractivity contribution is 5.75. The summed E-state index contributed by atoms with van der Waals surface area (Å²) in [5.74, 6) is -1.40. The summed E-state index contributed by atoms with van der Waals surface area (Å²) in [5.41, 5.74) is 10.9. The number of allylic oxidation sites excluding steroid dienone is 1. The lowest BCUT2D eigenvalue weighted by Gasteiger charge is -2.25. The Morgan fingerprint density at radius 3 is 2.72 bits per heavy atom. The summed E-state index contributed by atoms with van der Waals surface area (Å²) in [7, 11) is 1.40. The van der Waals surface area contributed by atoms with Gasteiger partial charge in [-0.05, 0) is 17.7 Å². The maximum atomic E-state index is 12.3. The molecule has 0 unspecified atom stereocenters. The summed E-state index contributed by atoms with van der Waals surface area (Å²) in [6.45, 7) is -0.861. The van der Waals surface area contributed by atoms with Crippen LogP contribution < -0.4 is 31.1 Å². The van der Waals surface area contributed by atoms with Crippen molar-refractivity contribution in [2.24, 2.45) is 11.5 Å². The van der Waals surface area contributed by atoms with E-state index in [1.807, 2.05) is 6.07 Å². The van der Waals surface area contributed by atoms with Crippen LogP contribution in [0.2, 0.25) is 0 Å². The van der Waals surface area contributed by atoms with E-state index >= 15 is 0 Å². The fourth-order valence-electron chi connectivity index (χ4n) is 2.93. The number of nitrogens with zero attached hydrogens (tertiary/aromatic N) is 1. The fraction of sp³-hybridized carbons (Fsp3) is 0.211. The highest BCUT2D eigenvalue weighted by Gasteiger charge is 2.35. The molecule has 0 saturated heterocycles. The summed E-state index contributed by atoms with van der Waals surface area (Å²) in [5, 5.41) is 19.0. The van der Waals surface area contributed by atoms with Crippen LogP contribution in [-0.2, 0) is 11.4 Å². The lowest BCUT2D eigenvalue weighted by atomic mass is 9.87. The first-order valence-electron chi connectivity index (χ1n) is 8.34. The van der Waals surface area contributed by atoms with Crippen LogP contribution in [0, 0.1) is 11.3 Å². The Balaban J connectivity index is 2.16. The number of hydrogen-bond donors (Lipinski definition) is 3. The maximum absolute atomic E-state index is 12.3. The van der Waals surface area contributed by atoms with Gasteiger partial charge in [0.25, 0.3) is 5.91 Å². The Hall–Kier alpha value is -3.97. The second kappa shape index (κ2) is 7.95. The number of hydrogen-bond acceptors (Lipinski definition) is 9. The van der Waals surface area contributed by atoms with Gasteiger partial charge in [-0.2, -0.15) is 5.26 Å². The van der Waals surface area contributed by atoms with E-state index in [0.717, 1.165) is 6.07 Å². The number of nitriles is 1. The van der Waals surface area contributed by atoms with Crippen LogP contribution >= 0.6 is 0 Å². The zero-order chi connectivity index (χ0) is 21.1. The monoisotopic (exact) mass is 399 g/mol. The Morgan fingerprint density at radius 2 is 2.10 bits per heavy atom. The molecule has 2 heterocycles. The minimum Gasteiger partial charge on any atom is -0.493 e. The van der Waals surface area contributed by atoms with E-state index in [4.69, 9.17) is 30.1 Å². The van der Waals surface area contributed by atoms with Crippen molar-refractivity contribution in [1.29, 1.82) is 5.26 Å². The largest absolute Gasteiger partial charge is 0.493 e. The first-order valence-corrected chi connectivity index (χ1v) is 8.34. The number of fused-ring (bicyclic) bond motifs is 1. The average Bonchev–Trinajstić information content (AvgIpc) is 2.71. The molecule has 150 valence electrons. The number of aliphatic hydroxyl groups excluding tert-OH is 1. The minimum atomic E-state index is -0.887. The molecular formula is C19H17N3O7. The van der Waals surface area contributed by atoms with Gasteiger partial charge in [0.2, 0.25) is 17.1 Å². The smallest absolute Gasteiger partial charge is 0.255 e. The Labute approximate surface area is 164 Å². The standard InChI is InChI=1S/C19H17N3O7/c1-26-14-4-9(2-3-13(14)27-8-15(21)25)16-11(6-20)19(22)29-17-12(24)5-10(7-23)28-18(16)17/h2-5,16,23H,7-8,22H2,1H3,(H2,21,25)/t16-/m1/s1. The number of rotatable bonds is 6. The van der Waals surface area contributed by atoms with E-state index in [9.17, 15) is 20.0 Å². The second-order valence-corrected chi connectivity index (χ2v) is 6.02. The number of benzene rings is 1. The van der Waals surface area contributed by atoms with Gasteiger partial charge < -0.3 is 35.2 Å². The van der Waals surface area contributed by atoms with Gasteiger partial charge in [0.1, 0.15) is 24.0 Å². The highest BCUT2D eigenvalue weighted by Crippen LogP contribution is 2.43. The SMILES string of the molecule is COc1cc([C@@H]2C(C#N)=C(N)Oc3c2oc(CO)cc3=O)ccc1OCC(N)=O. The first kappa shape index (κ1) is 19.8. The van der Waals surface area contributed by atoms with E-state index < -0.39 is 23.9 Å². The topological polar surface area (TPSA) is 171 Å². The molecule has 5 N–H and O–H groups in total. The van der Waals surface area contributed by atoms with Crippen LogP contribution in [0.1, 0.15) is 23.0 Å². The molecule has 0 bridgehead atoms. The first-order chi connectivity index (χ1) is 13.9. The summed E-state index contributed by atoms with van der Waals surface area (Å²) in [6, 6.07) is 7.71. The average molecular weight is 399 g/mol. The van der Waals surface area contributed by atoms with Gasteiger partial charge in [0.05, 0.1) is 13.0 Å². The van der Waals surface area contributed by atoms with E-state index in [1.165, 1.54) is 13.2 Å². The van der Waals surface area contributed by atoms with Crippen molar-refractivity contribution in [2.45, 2.75) is 12.5 Å². The zero-order valence-corrected chi connectivity index (χ0v) is 15.3. The van der Waals surface area contributed by atoms with Gasteiger partial charge in [-0.15, -0.1) is 0 Å². The third-order valence-electron chi connectivity index (χ3n) is 4.18. The van der Waals surface area contributed by atoms with Gasteiger partial charge in [-0.1, -0.05) is 6.07 Å². The number of carbonyl (C=O) groups excluding carboxylic acids is 1. The lowest BCUT2D eigenvalue weighted by molar-refractivity contribution is -0.119. The quantitative estimate of drug-likeness (QED) is 0.614. The van der Waals surface area contributed by atoms with Crippen molar-refractivity contribution in [3.8, 4) is 23.3 Å². The second-order valence-electron chi connectivity index (χ2n) is 6.02. The van der Waals surface area contributed by atoms with Crippen molar-refractivity contribution in [2.75, 3.05) is 13.7 Å². The van der Waals surface area contributed by atoms with E-state index in [2.05, 4.69) is 0 Å². The van der Waals surface area contributed by atoms with Gasteiger partial charge in [0.15, 0.2) is 23.9 Å². The molecule has 1 aliphatic heterocycles. The number of primary amides is 1. The van der Waals surface area contributed by atoms with Crippen LogP contribution in [0.15, 0.2) is 44.9 Å². The predicted octanol–water partition coefficient (Wildman–Crippen LogP) is 0.223. The van der Waals surface area contributed by atoms with E-state index in [1.54, 1.807) is 12.1 Å². The third-order valence-corrected chi connectivity index (χ3v) is 4.18. The summed E-state index contributed by atoms with van der Waals surface area (Å²) >= 11 is 0. The Kier molecular flexibility index (Phi) is 5.43. The molecule has 3 rings (SSSR count). The molecule has 2 aromatic rings. The van der Waals surface area contributed by atoms with E-state index in [0.29, 0.717) is 5.56 Å². The van der Waals surface area contributed by atoms with Gasteiger partial charge in [0, 0.05) is 6.07 Å². The van der Waals surface area contributed by atoms with Crippen molar-refractivity contribution in [3.63, 3.8) is 0 Å². The third kappa shape index (κ3) is 3.71. The Morgan fingerprint density at radius 1 is 1.34 bits per heavy atom. The summed E-state index contributed by atoms with van der Waals surface area (Å²) in [6.07, 6.45) is 0. The van der Waals surface area contributed by atoms with Crippen LogP contribution in [0.4, 0.5) is 0 Å². The molecule has 10 nitrogen and oxygen atoms in total. The molecule has 0 radical (unpaired) electrons. The van der Waals surface area contributed by atoms with Crippen LogP contribution in [0.25, 0.3) is 0 Å². The van der Waals surface area contributed by atoms with Crippen molar-refractivity contribution < 1.29 is 28.5 Å². The molecule has 0 aliphatic carbocycles. The van der Waals surface area contributed by atoms with Crippen molar-refractivity contribution in [3.05, 3.63) is 63.0 Å². The molecule has 29 heavy (non-hydrogen) atoms. The highest BCUT2D eigenvalue weighted by atomic mass is 16.5. The minimum absolute atomic E-state index is 0.00786. The molecule has 10 heteroatoms. The molecule has 1 aromatic heterocycles. The maximum Gasteiger partial charge on any atom is 0.255 e. The molecular weight excluding hydrogens is 382 g/mol. The van der Waals surface area contributed by atoms with Crippen LogP contribution in [-0.4, -0.2) is 24.7 Å². The molecule has 0 saturated carbocycles. The van der Waals surface area contributed by atoms with Crippen LogP contribution in [0.5, 0.6) is 17.2 Å². The number of ether oxygens (including phenoxy) is 3. The normalized spacial score (nSPS) is 15.1. The predicted molar refractivity (Wildman–Crippen MR) is 97.9 cm³/mol. The summed E-state index contributed by atoms with van der Waals surface area (Å²) < 4.78 is 21.5. The van der Waals surface area contributed by atoms with Gasteiger partial charge >= 0.3 is 0 Å². The lowest BCUT2D eigenvalue weighted by Crippen LogP contribution is -2.25. The Bertz CT molecular complexity index is 1100. The molecule has 1 amide bonds. The van der Waals surface area contributed by atoms with E-state index in [-0.39, 0.29) is 46.8 Å². The number of amides is 1. The number of nitrogens with two attached hydrogens (primary N) is 2. The number of methoxy groups -OCH3 is 1. The zero-order valence-electron chi connectivity index (χ0n) is 15.3. The fourth-order valence-corrected chi connectivity index (χ4v) is 2.93. The van der Waals surface area contributed by atoms with Crippen molar-refractivity contribution >= 4 is 5.91 Å². The molecule has 1 aromatic carbocycles. The molecule has 0 fully saturated rings. The van der Waals surface area contributed by atoms with Gasteiger partial charge in [-0.25, -0.2) is 0 Å². The number of carbonyl (C=O) groups is 1. The van der Waals surface area contributed by atoms with Crippen LogP contribution in [0.3, 0.4) is 0 Å². The van der Waals surface area contributed by atoms with Gasteiger partial charge in [-0.3, -0.25) is 9.59 Å². The molecule has 1 aliphatic rings. The number of aliphatic hydroxyl groups is 1. The molecule has 0 spiro atoms. The molecule has 1 atom stereocenters.